The van der Waals surface area contributed by atoms with E-state index < -0.39 is 0 Å². The third-order valence-corrected chi connectivity index (χ3v) is 0. The van der Waals surface area contributed by atoms with Crippen molar-refractivity contribution in [3.8, 4) is 0 Å². The fourth-order valence-electron chi connectivity index (χ4n) is 0. The maximum atomic E-state index is 0. The second-order valence-electron chi connectivity index (χ2n) is 0. The van der Waals surface area contributed by atoms with Gasteiger partial charge < -0.3 is 27.0 Å². The van der Waals surface area contributed by atoms with E-state index in [0.29, 0.717) is 0 Å². The van der Waals surface area contributed by atoms with E-state index in [4.69, 9.17) is 0 Å². The summed E-state index contributed by atoms with van der Waals surface area (Å²) in [6.45, 7) is 0. The molecule has 0 fully saturated rings. The predicted octanol–water partition coefficient (Wildman–Crippen LogP) is -8.16. The molecule has 0 atom stereocenters. The normalized spacial score (nSPS) is 0. The Balaban J connectivity index is 0. The Bertz CT molecular complexity index is 14.9. The summed E-state index contributed by atoms with van der Waals surface area (Å²) < 4.78 is 0. The van der Waals surface area contributed by atoms with Crippen molar-refractivity contribution in [2.45, 2.75) is 0 Å². The van der Waals surface area contributed by atoms with E-state index in [1.54, 1.807) is 0 Å². The van der Waals surface area contributed by atoms with E-state index in [9.17, 15) is 0 Å². The third kappa shape index (κ3) is 18.3. The summed E-state index contributed by atoms with van der Waals surface area (Å²) in [5.41, 5.74) is 0. The summed E-state index contributed by atoms with van der Waals surface area (Å²) in [5.74, 6) is 0. The van der Waals surface area contributed by atoms with Crippen molar-refractivity contribution in [3.63, 3.8) is 0 Å². The summed E-state index contributed by atoms with van der Waals surface area (Å²) >= 11 is 0. The minimum absolute atomic E-state index is 0. The van der Waals surface area contributed by atoms with Crippen molar-refractivity contribution in [2.75, 3.05) is 0 Å². The average Bonchev–Trinajstić information content (AvgIpc) is 0. The summed E-state index contributed by atoms with van der Waals surface area (Å²) in [5, 5.41) is 0. The van der Waals surface area contributed by atoms with E-state index in [2.05, 4.69) is 0 Å². The molecule has 0 heterocycles. The van der Waals surface area contributed by atoms with Gasteiger partial charge in [-0.25, -0.2) is 0 Å². The van der Waals surface area contributed by atoms with Crippen LogP contribution in [0, 0.1) is 0 Å². The van der Waals surface area contributed by atoms with Crippen molar-refractivity contribution < 1.29 is 95.8 Å². The van der Waals surface area contributed by atoms with Crippen molar-refractivity contribution in [2.24, 2.45) is 0 Å². The van der Waals surface area contributed by atoms with Crippen molar-refractivity contribution in [1.29, 1.82) is 0 Å². The van der Waals surface area contributed by atoms with Gasteiger partial charge in [0.2, 0.25) is 0 Å². The summed E-state index contributed by atoms with van der Waals surface area (Å²) in [6, 6.07) is 0. The molecule has 0 unspecified atom stereocenters. The van der Waals surface area contributed by atoms with E-state index in [-0.39, 0.29) is 123 Å². The van der Waals surface area contributed by atoms with E-state index in [1.807, 2.05) is 0 Å². The second-order valence-corrected chi connectivity index (χ2v) is 0. The van der Waals surface area contributed by atoms with Gasteiger partial charge in [-0.2, -0.15) is 0 Å². The topological polar surface area (TPSA) is 0 Å². The molecule has 0 nitrogen and oxygen atoms in total. The Hall–Kier alpha value is 3.70. The fraction of sp³-hybridized carbons (Fsp3) is 0. The van der Waals surface area contributed by atoms with Crippen LogP contribution in [0.15, 0.2) is 0 Å². The number of hydrogen-bond donors (Lipinski definition) is 0. The first-order chi connectivity index (χ1) is 0. The molecule has 20 valence electrons. The first-order valence-electron chi connectivity index (χ1n) is 0. The monoisotopic (exact) mass is 140 g/mol. The zero-order chi connectivity index (χ0) is 0. The Morgan fingerprint density at radius 1 is 0.800 bits per heavy atom. The van der Waals surface area contributed by atoms with Gasteiger partial charge in [0, 0.05) is 2.85 Å². The molecule has 0 saturated carbocycles. The molecule has 5 heteroatoms. The Kier molecular flexibility index (Phi) is 190. The molecule has 0 bridgehead atoms. The molecule has 0 saturated heterocycles. The van der Waals surface area contributed by atoms with Gasteiger partial charge in [0.25, 0.3) is 0 Å². The molecule has 0 aliphatic rings. The molecule has 0 aromatic carbocycles. The minimum Gasteiger partial charge on any atom is -2.00 e. The Morgan fingerprint density at radius 3 is 0.800 bits per heavy atom. The Morgan fingerprint density at radius 2 is 0.800 bits per heavy atom. The molecule has 0 N–H and O–H groups in total. The van der Waals surface area contributed by atoms with Crippen LogP contribution in [0.2, 0.25) is 0 Å². The summed E-state index contributed by atoms with van der Waals surface area (Å²) in [6.07, 6.45) is 0. The van der Waals surface area contributed by atoms with Crippen LogP contribution in [0.1, 0.15) is 7.13 Å². The van der Waals surface area contributed by atoms with E-state index in [0.717, 1.165) is 0 Å². The molecule has 0 aromatic heterocycles. The number of rotatable bonds is 0. The van der Waals surface area contributed by atoms with E-state index in [1.165, 1.54) is 0 Å². The van der Waals surface area contributed by atoms with Crippen LogP contribution in [0.5, 0.6) is 0 Å². The first kappa shape index (κ1) is 37.7. The van der Waals surface area contributed by atoms with Crippen LogP contribution in [0.25, 0.3) is 0 Å². The third-order valence-electron chi connectivity index (χ3n) is 0. The molecule has 5 heavy (non-hydrogen) atoms. The molecular formula is H7Na3S2+2. The van der Waals surface area contributed by atoms with Gasteiger partial charge >= 0.3 is 93.0 Å². The number of hydrogen-bond acceptors (Lipinski definition) is 0. The van der Waals surface area contributed by atoms with Gasteiger partial charge in [-0.15, -0.1) is 0 Å². The van der Waals surface area contributed by atoms with Crippen LogP contribution in [0.3, 0.4) is 0 Å². The Labute approximate surface area is 120 Å². The predicted molar refractivity (Wildman–Crippen MR) is 22.3 cm³/mol. The van der Waals surface area contributed by atoms with Crippen molar-refractivity contribution in [3.05, 3.63) is 0 Å². The zero-order valence-corrected chi connectivity index (χ0v) is 11.4. The molecule has 0 radical (unpaired) electrons. The van der Waals surface area contributed by atoms with Gasteiger partial charge in [-0.3, -0.25) is 0 Å². The van der Waals surface area contributed by atoms with E-state index >= 15 is 0 Å². The average molecular weight is 140 g/mol. The first-order valence-corrected chi connectivity index (χ1v) is 0. The molecule has 0 aliphatic heterocycles. The van der Waals surface area contributed by atoms with Crippen LogP contribution in [-0.4, -0.2) is 0 Å². The second kappa shape index (κ2) is 25.2. The van der Waals surface area contributed by atoms with Gasteiger partial charge in [0.05, 0.1) is 0 Å². The fourth-order valence-corrected chi connectivity index (χ4v) is 0. The van der Waals surface area contributed by atoms with Crippen LogP contribution >= 0.6 is 0 Å². The van der Waals surface area contributed by atoms with Gasteiger partial charge in [0.15, 0.2) is 0 Å². The zero-order valence-electron chi connectivity index (χ0n) is 6.82. The smallest absolute Gasteiger partial charge is 1.00 e. The van der Waals surface area contributed by atoms with Gasteiger partial charge in [-0.05, 0) is 0 Å². The standard InChI is InChI=1S/3Na.2S.2H2/h;;;;;2*1H/q3*+1;2*-2;;/p+3. The van der Waals surface area contributed by atoms with Crippen LogP contribution in [0.4, 0.5) is 0 Å². The van der Waals surface area contributed by atoms with Crippen LogP contribution in [-0.2, 0) is 27.0 Å². The molecule has 0 spiro atoms. The molecule has 0 aromatic rings. The SMILES string of the molecule is [H+].[H+].[H+].[HH].[HH].[Na+].[Na+].[Na+].[S-2].[S-2]. The molecule has 0 aliphatic carbocycles. The maximum Gasteiger partial charge on any atom is 1.00 e. The molecular weight excluding hydrogens is 133 g/mol. The summed E-state index contributed by atoms with van der Waals surface area (Å²) in [4.78, 5) is 0. The van der Waals surface area contributed by atoms with Crippen molar-refractivity contribution >= 4 is 27.0 Å². The molecule has 0 rings (SSSR count). The maximum absolute atomic E-state index is 0. The molecule has 0 amide bonds. The van der Waals surface area contributed by atoms with Crippen molar-refractivity contribution in [1.82, 2.24) is 0 Å². The van der Waals surface area contributed by atoms with Crippen LogP contribution < -0.4 is 88.7 Å². The largest absolute Gasteiger partial charge is 2.00 e. The quantitative estimate of drug-likeness (QED) is 0.293. The van der Waals surface area contributed by atoms with Gasteiger partial charge in [0.1, 0.15) is 0 Å². The summed E-state index contributed by atoms with van der Waals surface area (Å²) in [7, 11) is 0. The minimum atomic E-state index is 0. The van der Waals surface area contributed by atoms with Gasteiger partial charge in [-0.1, -0.05) is 0 Å².